The van der Waals surface area contributed by atoms with Crippen molar-refractivity contribution in [1.82, 2.24) is 19.9 Å². The average Bonchev–Trinajstić information content (AvgIpc) is 3.11. The van der Waals surface area contributed by atoms with Gasteiger partial charge in [-0.25, -0.2) is 15.0 Å². The van der Waals surface area contributed by atoms with Crippen LogP contribution in [0.2, 0.25) is 5.02 Å². The Morgan fingerprint density at radius 1 is 1.13 bits per heavy atom. The van der Waals surface area contributed by atoms with Crippen molar-refractivity contribution in [2.24, 2.45) is 0 Å². The number of nitrogens with one attached hydrogen (secondary N) is 2. The Kier molecular flexibility index (Phi) is 4.79. The lowest BCUT2D eigenvalue weighted by Crippen LogP contribution is -2.36. The van der Waals surface area contributed by atoms with Crippen LogP contribution in [0.15, 0.2) is 59.3 Å². The summed E-state index contributed by atoms with van der Waals surface area (Å²) in [5.74, 6) is 1.16. The number of carbonyl (C=O) groups is 1. The van der Waals surface area contributed by atoms with Crippen LogP contribution in [-0.4, -0.2) is 25.8 Å². The Balaban J connectivity index is 1.41. The van der Waals surface area contributed by atoms with Crippen LogP contribution in [0, 0.1) is 0 Å². The van der Waals surface area contributed by atoms with E-state index in [1.165, 1.54) is 0 Å². The third-order valence-corrected chi connectivity index (χ3v) is 6.28. The molecule has 0 unspecified atom stereocenters. The van der Waals surface area contributed by atoms with Crippen molar-refractivity contribution < 1.29 is 4.79 Å². The zero-order valence-corrected chi connectivity index (χ0v) is 18.2. The molecule has 8 heteroatoms. The van der Waals surface area contributed by atoms with E-state index in [4.69, 9.17) is 16.6 Å². The van der Waals surface area contributed by atoms with Crippen LogP contribution in [0.1, 0.15) is 41.0 Å². The zero-order chi connectivity index (χ0) is 20.7. The quantitative estimate of drug-likeness (QED) is 0.403. The Morgan fingerprint density at radius 2 is 2.00 bits per heavy atom. The summed E-state index contributed by atoms with van der Waals surface area (Å²) in [6.45, 7) is 0. The molecule has 5 rings (SSSR count). The monoisotopic (exact) mass is 481 g/mol. The van der Waals surface area contributed by atoms with Crippen molar-refractivity contribution in [3.63, 3.8) is 0 Å². The Morgan fingerprint density at radius 3 is 2.70 bits per heavy atom. The topological polar surface area (TPSA) is 83.6 Å². The summed E-state index contributed by atoms with van der Waals surface area (Å²) < 4.78 is 0.911. The number of pyridine rings is 2. The average molecular weight is 483 g/mol. The van der Waals surface area contributed by atoms with Gasteiger partial charge in [0.05, 0.1) is 10.9 Å². The molecule has 1 aliphatic carbocycles. The number of aromatic nitrogens is 4. The molecule has 0 aliphatic heterocycles. The Bertz CT molecular complexity index is 1250. The first kappa shape index (κ1) is 19.2. The number of hydrogen-bond acceptors (Lipinski definition) is 4. The van der Waals surface area contributed by atoms with Crippen molar-refractivity contribution in [2.45, 2.75) is 24.7 Å². The first-order valence-corrected chi connectivity index (χ1v) is 10.8. The molecule has 1 aromatic carbocycles. The number of carbonyl (C=O) groups excluding carboxylic acids is 1. The van der Waals surface area contributed by atoms with Gasteiger partial charge < -0.3 is 10.3 Å². The lowest BCUT2D eigenvalue weighted by molar-refractivity contribution is 0.102. The molecule has 0 spiro atoms. The Hall–Kier alpha value is -2.77. The number of H-pyrrole nitrogens is 1. The number of aromatic amines is 1. The minimum Gasteiger partial charge on any atom is -0.340 e. The largest absolute Gasteiger partial charge is 0.340 e. The van der Waals surface area contributed by atoms with Crippen LogP contribution in [0.3, 0.4) is 0 Å². The van der Waals surface area contributed by atoms with Gasteiger partial charge in [0.1, 0.15) is 11.6 Å². The zero-order valence-electron chi connectivity index (χ0n) is 15.8. The fraction of sp³-hybridized carbons (Fsp3) is 0.182. The summed E-state index contributed by atoms with van der Waals surface area (Å²) in [6, 6.07) is 12.6. The number of amides is 1. The molecule has 0 atom stereocenters. The lowest BCUT2D eigenvalue weighted by atomic mass is 9.64. The maximum Gasteiger partial charge on any atom is 0.256 e. The first-order valence-electron chi connectivity index (χ1n) is 9.59. The van der Waals surface area contributed by atoms with E-state index in [0.717, 1.165) is 40.6 Å². The van der Waals surface area contributed by atoms with Crippen molar-refractivity contribution in [2.75, 3.05) is 5.32 Å². The van der Waals surface area contributed by atoms with Crippen molar-refractivity contribution in [3.05, 3.63) is 81.3 Å². The number of rotatable bonds is 4. The molecule has 4 aromatic rings. The minimum absolute atomic E-state index is 0.199. The highest BCUT2D eigenvalue weighted by Gasteiger charge is 2.43. The normalized spacial score (nSPS) is 15.0. The van der Waals surface area contributed by atoms with Gasteiger partial charge in [0.15, 0.2) is 5.65 Å². The SMILES string of the molecule is O=C(Nc1ccc(C2(c3nc4ncc(Br)cc4[nH]3)CCC2)cn1)c1cccc(Cl)c1. The predicted octanol–water partition coefficient (Wildman–Crippen LogP) is 5.49. The fourth-order valence-electron chi connectivity index (χ4n) is 3.86. The van der Waals surface area contributed by atoms with Gasteiger partial charge in [0, 0.05) is 27.5 Å². The van der Waals surface area contributed by atoms with Crippen molar-refractivity contribution in [1.29, 1.82) is 0 Å². The molecular formula is C22H17BrClN5O. The molecule has 30 heavy (non-hydrogen) atoms. The van der Waals surface area contributed by atoms with Crippen LogP contribution in [-0.2, 0) is 5.41 Å². The van der Waals surface area contributed by atoms with Crippen LogP contribution in [0.4, 0.5) is 5.82 Å². The number of benzene rings is 1. The number of hydrogen-bond donors (Lipinski definition) is 2. The molecule has 1 saturated carbocycles. The molecule has 2 N–H and O–H groups in total. The molecule has 3 heterocycles. The maximum absolute atomic E-state index is 12.4. The van der Waals surface area contributed by atoms with Crippen molar-refractivity contribution >= 4 is 50.4 Å². The highest BCUT2D eigenvalue weighted by atomic mass is 79.9. The third kappa shape index (κ3) is 3.38. The van der Waals surface area contributed by atoms with Crippen molar-refractivity contribution in [3.8, 4) is 0 Å². The first-order chi connectivity index (χ1) is 14.5. The molecule has 0 saturated heterocycles. The summed E-state index contributed by atoms with van der Waals surface area (Å²) in [5.41, 5.74) is 2.98. The molecule has 3 aromatic heterocycles. The maximum atomic E-state index is 12.4. The minimum atomic E-state index is -0.245. The van der Waals surface area contributed by atoms with Gasteiger partial charge in [0.2, 0.25) is 0 Å². The van der Waals surface area contributed by atoms with E-state index in [1.807, 2.05) is 24.4 Å². The smallest absolute Gasteiger partial charge is 0.256 e. The van der Waals surface area contributed by atoms with E-state index in [-0.39, 0.29) is 11.3 Å². The summed E-state index contributed by atoms with van der Waals surface area (Å²) in [5, 5.41) is 3.34. The van der Waals surface area contributed by atoms with Gasteiger partial charge in [-0.1, -0.05) is 30.2 Å². The van der Waals surface area contributed by atoms with E-state index in [1.54, 1.807) is 30.5 Å². The van der Waals surface area contributed by atoms with Gasteiger partial charge in [-0.05, 0) is 64.7 Å². The second-order valence-electron chi connectivity index (χ2n) is 7.44. The van der Waals surface area contributed by atoms with Crippen LogP contribution in [0.25, 0.3) is 11.2 Å². The molecule has 1 amide bonds. The summed E-state index contributed by atoms with van der Waals surface area (Å²) in [7, 11) is 0. The van der Waals surface area contributed by atoms with Gasteiger partial charge >= 0.3 is 0 Å². The molecule has 0 bridgehead atoms. The van der Waals surface area contributed by atoms with E-state index in [0.29, 0.717) is 22.1 Å². The van der Waals surface area contributed by atoms with Gasteiger partial charge in [-0.3, -0.25) is 4.79 Å². The van der Waals surface area contributed by atoms with Gasteiger partial charge in [-0.2, -0.15) is 0 Å². The highest BCUT2D eigenvalue weighted by Crippen LogP contribution is 2.48. The Labute approximate surface area is 186 Å². The van der Waals surface area contributed by atoms with Crippen LogP contribution >= 0.6 is 27.5 Å². The van der Waals surface area contributed by atoms with Crippen LogP contribution in [0.5, 0.6) is 0 Å². The van der Waals surface area contributed by atoms with E-state index < -0.39 is 0 Å². The van der Waals surface area contributed by atoms with E-state index >= 15 is 0 Å². The number of fused-ring (bicyclic) bond motifs is 1. The third-order valence-electron chi connectivity index (χ3n) is 5.61. The van der Waals surface area contributed by atoms with Gasteiger partial charge in [-0.15, -0.1) is 0 Å². The van der Waals surface area contributed by atoms with Crippen LogP contribution < -0.4 is 5.32 Å². The molecule has 150 valence electrons. The molecule has 0 radical (unpaired) electrons. The second kappa shape index (κ2) is 7.49. The summed E-state index contributed by atoms with van der Waals surface area (Å²) in [4.78, 5) is 29.5. The number of nitrogens with zero attached hydrogens (tertiary/aromatic N) is 3. The van der Waals surface area contributed by atoms with Gasteiger partial charge in [0.25, 0.3) is 5.91 Å². The fourth-order valence-corrected chi connectivity index (χ4v) is 4.38. The number of imidazole rings is 1. The highest BCUT2D eigenvalue weighted by molar-refractivity contribution is 9.10. The molecule has 1 fully saturated rings. The second-order valence-corrected chi connectivity index (χ2v) is 8.79. The molecule has 1 aliphatic rings. The summed E-state index contributed by atoms with van der Waals surface area (Å²) in [6.07, 6.45) is 6.68. The number of anilines is 1. The molecular weight excluding hydrogens is 466 g/mol. The van der Waals surface area contributed by atoms with E-state index in [9.17, 15) is 4.79 Å². The van der Waals surface area contributed by atoms with E-state index in [2.05, 4.69) is 36.2 Å². The standard InChI is InChI=1S/C22H17BrClN5O/c23-15-10-17-19(26-12-15)29-21(27-17)22(7-2-8-22)14-5-6-18(25-11-14)28-20(30)13-3-1-4-16(24)9-13/h1,3-6,9-12H,2,7-8H2,(H,25,28,30)(H,26,27,29). The predicted molar refractivity (Wildman–Crippen MR) is 120 cm³/mol. The summed E-state index contributed by atoms with van der Waals surface area (Å²) >= 11 is 9.42. The molecule has 6 nitrogen and oxygen atoms in total. The number of halogens is 2. The lowest BCUT2D eigenvalue weighted by Gasteiger charge is -2.40.